The molecule has 0 atom stereocenters. The maximum atomic E-state index is 13.7. The quantitative estimate of drug-likeness (QED) is 0.790. The molecule has 0 saturated carbocycles. The average Bonchev–Trinajstić information content (AvgIpc) is 2.45. The van der Waals surface area contributed by atoms with Gasteiger partial charge < -0.3 is 10.5 Å². The molecule has 0 saturated heterocycles. The van der Waals surface area contributed by atoms with Crippen LogP contribution in [-0.4, -0.2) is 6.09 Å². The van der Waals surface area contributed by atoms with E-state index in [0.29, 0.717) is 11.3 Å². The first-order valence-electron chi connectivity index (χ1n) is 7.16. The van der Waals surface area contributed by atoms with Crippen LogP contribution in [0.5, 0.6) is 5.75 Å². The van der Waals surface area contributed by atoms with Crippen LogP contribution in [0.1, 0.15) is 26.3 Å². The zero-order valence-corrected chi connectivity index (χ0v) is 13.5. The Labute approximate surface area is 138 Å². The SMILES string of the molecule is CC(C)(C)c1c(N=Nc2c(F)cccc2F)cccc1OC(N)=O. The van der Waals surface area contributed by atoms with E-state index in [9.17, 15) is 13.6 Å². The molecule has 24 heavy (non-hydrogen) atoms. The van der Waals surface area contributed by atoms with E-state index in [1.807, 2.05) is 20.8 Å². The van der Waals surface area contributed by atoms with Gasteiger partial charge in [-0.15, -0.1) is 10.2 Å². The predicted octanol–water partition coefficient (Wildman–Crippen LogP) is 5.14. The molecule has 5 nitrogen and oxygen atoms in total. The van der Waals surface area contributed by atoms with Crippen molar-refractivity contribution in [2.24, 2.45) is 16.0 Å². The van der Waals surface area contributed by atoms with Crippen molar-refractivity contribution in [2.75, 3.05) is 0 Å². The molecular weight excluding hydrogens is 316 g/mol. The summed E-state index contributed by atoms with van der Waals surface area (Å²) in [5, 5.41) is 7.62. The van der Waals surface area contributed by atoms with E-state index in [-0.39, 0.29) is 5.75 Å². The number of carbonyl (C=O) groups is 1. The number of nitrogens with zero attached hydrogens (tertiary/aromatic N) is 2. The van der Waals surface area contributed by atoms with Crippen LogP contribution in [0, 0.1) is 11.6 Å². The molecule has 2 aromatic rings. The minimum Gasteiger partial charge on any atom is -0.410 e. The molecule has 0 radical (unpaired) electrons. The molecule has 0 aromatic heterocycles. The van der Waals surface area contributed by atoms with Gasteiger partial charge in [0, 0.05) is 5.56 Å². The number of azo groups is 1. The van der Waals surface area contributed by atoms with E-state index in [2.05, 4.69) is 10.2 Å². The third kappa shape index (κ3) is 3.92. The van der Waals surface area contributed by atoms with Crippen molar-refractivity contribution < 1.29 is 18.3 Å². The highest BCUT2D eigenvalue weighted by molar-refractivity contribution is 5.70. The van der Waals surface area contributed by atoms with Crippen molar-refractivity contribution in [3.05, 3.63) is 53.6 Å². The molecule has 0 fully saturated rings. The standard InChI is InChI=1S/C17H17F2N3O2/c1-17(2,3)14-12(8-5-9-13(14)24-16(20)23)21-22-15-10(18)6-4-7-11(15)19/h4-9H,1-3H3,(H2,20,23). The molecule has 2 aromatic carbocycles. The Morgan fingerprint density at radius 2 is 1.62 bits per heavy atom. The molecule has 1 amide bonds. The van der Waals surface area contributed by atoms with Crippen LogP contribution in [0.25, 0.3) is 0 Å². The Bertz CT molecular complexity index is 779. The van der Waals surface area contributed by atoms with Crippen molar-refractivity contribution in [3.8, 4) is 5.75 Å². The molecule has 2 N–H and O–H groups in total. The predicted molar refractivity (Wildman–Crippen MR) is 85.9 cm³/mol. The lowest BCUT2D eigenvalue weighted by molar-refractivity contribution is 0.210. The lowest BCUT2D eigenvalue weighted by atomic mass is 9.85. The minimum atomic E-state index is -0.963. The van der Waals surface area contributed by atoms with Gasteiger partial charge in [0.1, 0.15) is 5.75 Å². The van der Waals surface area contributed by atoms with Gasteiger partial charge >= 0.3 is 6.09 Å². The van der Waals surface area contributed by atoms with Crippen LogP contribution < -0.4 is 10.5 Å². The highest BCUT2D eigenvalue weighted by Gasteiger charge is 2.24. The van der Waals surface area contributed by atoms with Crippen molar-refractivity contribution in [1.29, 1.82) is 0 Å². The Morgan fingerprint density at radius 3 is 2.17 bits per heavy atom. The molecule has 0 unspecified atom stereocenters. The second kappa shape index (κ2) is 6.74. The summed E-state index contributed by atoms with van der Waals surface area (Å²) in [4.78, 5) is 11.1. The first kappa shape index (κ1) is 17.5. The van der Waals surface area contributed by atoms with Crippen molar-refractivity contribution in [3.63, 3.8) is 0 Å². The molecule has 126 valence electrons. The third-order valence-corrected chi connectivity index (χ3v) is 3.16. The average molecular weight is 333 g/mol. The summed E-state index contributed by atoms with van der Waals surface area (Å²) in [6, 6.07) is 8.18. The van der Waals surface area contributed by atoms with Gasteiger partial charge in [0.05, 0.1) is 5.69 Å². The molecule has 2 rings (SSSR count). The third-order valence-electron chi connectivity index (χ3n) is 3.16. The van der Waals surface area contributed by atoms with Crippen LogP contribution >= 0.6 is 0 Å². The van der Waals surface area contributed by atoms with Crippen LogP contribution in [-0.2, 0) is 5.41 Å². The van der Waals surface area contributed by atoms with Gasteiger partial charge in [0.15, 0.2) is 17.3 Å². The van der Waals surface area contributed by atoms with Crippen LogP contribution in [0.2, 0.25) is 0 Å². The summed E-state index contributed by atoms with van der Waals surface area (Å²) in [7, 11) is 0. The molecule has 0 bridgehead atoms. The maximum Gasteiger partial charge on any atom is 0.409 e. The van der Waals surface area contributed by atoms with Gasteiger partial charge in [-0.1, -0.05) is 32.9 Å². The van der Waals surface area contributed by atoms with Gasteiger partial charge in [-0.25, -0.2) is 13.6 Å². The van der Waals surface area contributed by atoms with E-state index in [1.54, 1.807) is 18.2 Å². The maximum absolute atomic E-state index is 13.7. The normalized spacial score (nSPS) is 11.7. The van der Waals surface area contributed by atoms with Gasteiger partial charge in [-0.3, -0.25) is 0 Å². The number of benzene rings is 2. The van der Waals surface area contributed by atoms with E-state index in [0.717, 1.165) is 12.1 Å². The lowest BCUT2D eigenvalue weighted by Gasteiger charge is -2.23. The second-order valence-corrected chi connectivity index (χ2v) is 6.09. The van der Waals surface area contributed by atoms with E-state index >= 15 is 0 Å². The zero-order valence-electron chi connectivity index (χ0n) is 13.5. The topological polar surface area (TPSA) is 77.0 Å². The summed E-state index contributed by atoms with van der Waals surface area (Å²) < 4.78 is 32.3. The second-order valence-electron chi connectivity index (χ2n) is 6.09. The molecule has 0 aliphatic rings. The molecule has 0 aliphatic carbocycles. The van der Waals surface area contributed by atoms with E-state index in [1.165, 1.54) is 6.07 Å². The Hall–Kier alpha value is -2.83. The monoisotopic (exact) mass is 333 g/mol. The van der Waals surface area contributed by atoms with Crippen molar-refractivity contribution in [1.82, 2.24) is 0 Å². The van der Waals surface area contributed by atoms with Crippen LogP contribution in [0.15, 0.2) is 46.6 Å². The highest BCUT2D eigenvalue weighted by Crippen LogP contribution is 2.39. The summed E-state index contributed by atoms with van der Waals surface area (Å²) in [6.45, 7) is 5.62. The fourth-order valence-electron chi connectivity index (χ4n) is 2.24. The molecule has 7 heteroatoms. The Balaban J connectivity index is 2.54. The Kier molecular flexibility index (Phi) is 4.92. The van der Waals surface area contributed by atoms with Gasteiger partial charge in [0.2, 0.25) is 0 Å². The van der Waals surface area contributed by atoms with Crippen molar-refractivity contribution in [2.45, 2.75) is 26.2 Å². The van der Waals surface area contributed by atoms with Crippen LogP contribution in [0.3, 0.4) is 0 Å². The van der Waals surface area contributed by atoms with Crippen molar-refractivity contribution >= 4 is 17.5 Å². The smallest absolute Gasteiger partial charge is 0.409 e. The summed E-state index contributed by atoms with van der Waals surface area (Å²) in [5.74, 6) is -1.42. The van der Waals surface area contributed by atoms with Gasteiger partial charge in [0.25, 0.3) is 0 Å². The number of hydrogen-bond acceptors (Lipinski definition) is 4. The van der Waals surface area contributed by atoms with E-state index in [4.69, 9.17) is 10.5 Å². The number of hydrogen-bond donors (Lipinski definition) is 1. The van der Waals surface area contributed by atoms with E-state index < -0.39 is 28.8 Å². The van der Waals surface area contributed by atoms with Gasteiger partial charge in [-0.05, 0) is 29.7 Å². The highest BCUT2D eigenvalue weighted by atomic mass is 19.1. The lowest BCUT2D eigenvalue weighted by Crippen LogP contribution is -2.20. The largest absolute Gasteiger partial charge is 0.410 e. The number of rotatable bonds is 3. The fraction of sp³-hybridized carbons (Fsp3) is 0.235. The number of primary amides is 1. The number of carbonyl (C=O) groups excluding carboxylic acids is 1. The zero-order chi connectivity index (χ0) is 17.9. The molecule has 0 aliphatic heterocycles. The number of nitrogens with two attached hydrogens (primary N) is 1. The number of halogens is 2. The summed E-state index contributed by atoms with van der Waals surface area (Å²) in [5.41, 5.74) is 4.98. The van der Waals surface area contributed by atoms with Gasteiger partial charge in [-0.2, -0.15) is 0 Å². The first-order valence-corrected chi connectivity index (χ1v) is 7.16. The molecular formula is C17H17F2N3O2. The summed E-state index contributed by atoms with van der Waals surface area (Å²) in [6.07, 6.45) is -0.963. The summed E-state index contributed by atoms with van der Waals surface area (Å²) >= 11 is 0. The first-order chi connectivity index (χ1) is 11.2. The number of ether oxygens (including phenoxy) is 1. The number of amides is 1. The van der Waals surface area contributed by atoms with Crippen LogP contribution in [0.4, 0.5) is 25.0 Å². The fourth-order valence-corrected chi connectivity index (χ4v) is 2.24. The Morgan fingerprint density at radius 1 is 1.04 bits per heavy atom. The minimum absolute atomic E-state index is 0.223. The molecule has 0 heterocycles. The molecule has 0 spiro atoms.